The number of fused-ring (bicyclic) bond motifs is 1. The molecule has 4 nitrogen and oxygen atoms in total. The van der Waals surface area contributed by atoms with Gasteiger partial charge < -0.3 is 9.32 Å². The first-order valence-corrected chi connectivity index (χ1v) is 9.28. The standard InChI is InChI=1S/C22H23FN2O2/c1-15-5-3-6-17(13-15)14-24-9-11-25(12-10-24)22(26)20-16(2)18-7-4-8-19(23)21(18)27-20/h3-8,13H,9-12,14H2,1-2H3. The molecule has 1 amide bonds. The quantitative estimate of drug-likeness (QED) is 0.699. The van der Waals surface area contributed by atoms with Gasteiger partial charge in [0.05, 0.1) is 0 Å². The van der Waals surface area contributed by atoms with E-state index in [1.54, 1.807) is 17.0 Å². The molecule has 1 aliphatic rings. The lowest BCUT2D eigenvalue weighted by molar-refractivity contribution is 0.0599. The molecule has 3 aromatic rings. The first-order valence-electron chi connectivity index (χ1n) is 9.28. The Labute approximate surface area is 158 Å². The number of amides is 1. The molecule has 140 valence electrons. The van der Waals surface area contributed by atoms with Crippen LogP contribution in [-0.2, 0) is 6.54 Å². The Hall–Kier alpha value is -2.66. The maximum atomic E-state index is 13.9. The van der Waals surface area contributed by atoms with Crippen LogP contribution in [0.15, 0.2) is 46.9 Å². The Bertz CT molecular complexity index is 987. The summed E-state index contributed by atoms with van der Waals surface area (Å²) in [5.74, 6) is -0.335. The zero-order valence-electron chi connectivity index (χ0n) is 15.7. The number of benzene rings is 2. The van der Waals surface area contributed by atoms with Crippen LogP contribution in [-0.4, -0.2) is 41.9 Å². The second-order valence-electron chi connectivity index (χ2n) is 7.23. The van der Waals surface area contributed by atoms with E-state index in [2.05, 4.69) is 36.1 Å². The van der Waals surface area contributed by atoms with E-state index in [1.165, 1.54) is 17.2 Å². The Morgan fingerprint density at radius 2 is 1.81 bits per heavy atom. The highest BCUT2D eigenvalue weighted by Crippen LogP contribution is 2.28. The predicted molar refractivity (Wildman–Crippen MR) is 103 cm³/mol. The van der Waals surface area contributed by atoms with E-state index in [0.29, 0.717) is 24.0 Å². The third kappa shape index (κ3) is 3.47. The molecule has 2 heterocycles. The van der Waals surface area contributed by atoms with E-state index in [9.17, 15) is 9.18 Å². The number of carbonyl (C=O) groups is 1. The van der Waals surface area contributed by atoms with Crippen molar-refractivity contribution in [3.63, 3.8) is 0 Å². The number of para-hydroxylation sites is 1. The second kappa shape index (κ2) is 7.16. The van der Waals surface area contributed by atoms with Gasteiger partial charge in [-0.15, -0.1) is 0 Å². The summed E-state index contributed by atoms with van der Waals surface area (Å²) in [4.78, 5) is 17.1. The Morgan fingerprint density at radius 3 is 2.52 bits per heavy atom. The number of hydrogen-bond donors (Lipinski definition) is 0. The highest BCUT2D eigenvalue weighted by Gasteiger charge is 2.27. The zero-order valence-corrected chi connectivity index (χ0v) is 15.7. The lowest BCUT2D eigenvalue weighted by Gasteiger charge is -2.34. The Kier molecular flexibility index (Phi) is 4.70. The van der Waals surface area contributed by atoms with Gasteiger partial charge in [0.25, 0.3) is 5.91 Å². The van der Waals surface area contributed by atoms with Crippen LogP contribution in [0, 0.1) is 19.7 Å². The van der Waals surface area contributed by atoms with Crippen molar-refractivity contribution in [1.29, 1.82) is 0 Å². The predicted octanol–water partition coefficient (Wildman–Crippen LogP) is 4.15. The molecule has 0 spiro atoms. The largest absolute Gasteiger partial charge is 0.448 e. The summed E-state index contributed by atoms with van der Waals surface area (Å²) in [7, 11) is 0. The normalized spacial score (nSPS) is 15.4. The molecule has 1 aliphatic heterocycles. The summed E-state index contributed by atoms with van der Waals surface area (Å²) in [5.41, 5.74) is 3.42. The van der Waals surface area contributed by atoms with Crippen molar-refractivity contribution < 1.29 is 13.6 Å². The van der Waals surface area contributed by atoms with Gasteiger partial charge >= 0.3 is 0 Å². The molecule has 0 radical (unpaired) electrons. The molecule has 5 heteroatoms. The minimum atomic E-state index is -0.433. The molecule has 1 aromatic heterocycles. The van der Waals surface area contributed by atoms with Gasteiger partial charge in [0.1, 0.15) is 0 Å². The van der Waals surface area contributed by atoms with Gasteiger partial charge in [0, 0.05) is 43.7 Å². The molecular formula is C22H23FN2O2. The SMILES string of the molecule is Cc1cccc(CN2CCN(C(=O)c3oc4c(F)cccc4c3C)CC2)c1. The van der Waals surface area contributed by atoms with E-state index in [0.717, 1.165) is 19.6 Å². The molecule has 2 aromatic carbocycles. The Morgan fingerprint density at radius 1 is 1.07 bits per heavy atom. The van der Waals surface area contributed by atoms with Crippen LogP contribution in [0.1, 0.15) is 27.2 Å². The lowest BCUT2D eigenvalue weighted by Crippen LogP contribution is -2.48. The summed E-state index contributed by atoms with van der Waals surface area (Å²) >= 11 is 0. The van der Waals surface area contributed by atoms with Crippen LogP contribution < -0.4 is 0 Å². The fourth-order valence-corrected chi connectivity index (χ4v) is 3.73. The van der Waals surface area contributed by atoms with Gasteiger partial charge in [0.15, 0.2) is 17.2 Å². The first-order chi connectivity index (χ1) is 13.0. The molecule has 0 saturated carbocycles. The van der Waals surface area contributed by atoms with Crippen LogP contribution in [0.4, 0.5) is 4.39 Å². The van der Waals surface area contributed by atoms with Crippen LogP contribution in [0.5, 0.6) is 0 Å². The van der Waals surface area contributed by atoms with Gasteiger partial charge in [-0.1, -0.05) is 42.0 Å². The third-order valence-corrected chi connectivity index (χ3v) is 5.26. The monoisotopic (exact) mass is 366 g/mol. The summed E-state index contributed by atoms with van der Waals surface area (Å²) < 4.78 is 19.5. The number of hydrogen-bond acceptors (Lipinski definition) is 3. The van der Waals surface area contributed by atoms with E-state index < -0.39 is 5.82 Å². The molecule has 1 saturated heterocycles. The second-order valence-corrected chi connectivity index (χ2v) is 7.23. The van der Waals surface area contributed by atoms with Crippen molar-refractivity contribution >= 4 is 16.9 Å². The number of piperazine rings is 1. The average Bonchev–Trinajstić information content (AvgIpc) is 3.00. The van der Waals surface area contributed by atoms with Crippen LogP contribution in [0.25, 0.3) is 11.0 Å². The van der Waals surface area contributed by atoms with E-state index >= 15 is 0 Å². The minimum Gasteiger partial charge on any atom is -0.448 e. The fourth-order valence-electron chi connectivity index (χ4n) is 3.73. The Balaban J connectivity index is 1.44. The number of carbonyl (C=O) groups excluding carboxylic acids is 1. The van der Waals surface area contributed by atoms with Crippen LogP contribution in [0.3, 0.4) is 0 Å². The number of furan rings is 1. The zero-order chi connectivity index (χ0) is 19.0. The smallest absolute Gasteiger partial charge is 0.289 e. The van der Waals surface area contributed by atoms with Gasteiger partial charge in [0.2, 0.25) is 0 Å². The van der Waals surface area contributed by atoms with Gasteiger partial charge in [-0.25, -0.2) is 4.39 Å². The molecular weight excluding hydrogens is 343 g/mol. The summed E-state index contributed by atoms with van der Waals surface area (Å²) in [6.07, 6.45) is 0. The van der Waals surface area contributed by atoms with Gasteiger partial charge in [-0.3, -0.25) is 9.69 Å². The molecule has 0 atom stereocenters. The molecule has 0 unspecified atom stereocenters. The number of aryl methyl sites for hydroxylation is 2. The fraction of sp³-hybridized carbons (Fsp3) is 0.318. The average molecular weight is 366 g/mol. The number of halogens is 1. The van der Waals surface area contributed by atoms with E-state index in [4.69, 9.17) is 4.42 Å². The molecule has 0 aliphatic carbocycles. The highest BCUT2D eigenvalue weighted by atomic mass is 19.1. The maximum absolute atomic E-state index is 13.9. The molecule has 4 rings (SSSR count). The first kappa shape index (κ1) is 17.7. The summed E-state index contributed by atoms with van der Waals surface area (Å²) in [6, 6.07) is 13.3. The van der Waals surface area contributed by atoms with Crippen molar-refractivity contribution in [3.05, 3.63) is 70.7 Å². The molecule has 1 fully saturated rings. The van der Waals surface area contributed by atoms with Crippen molar-refractivity contribution in [3.8, 4) is 0 Å². The van der Waals surface area contributed by atoms with E-state index in [-0.39, 0.29) is 17.3 Å². The van der Waals surface area contributed by atoms with Crippen molar-refractivity contribution in [2.45, 2.75) is 20.4 Å². The lowest BCUT2D eigenvalue weighted by atomic mass is 10.1. The van der Waals surface area contributed by atoms with Crippen molar-refractivity contribution in [2.75, 3.05) is 26.2 Å². The van der Waals surface area contributed by atoms with E-state index in [1.807, 2.05) is 6.92 Å². The van der Waals surface area contributed by atoms with Crippen molar-refractivity contribution in [1.82, 2.24) is 9.80 Å². The third-order valence-electron chi connectivity index (χ3n) is 5.26. The minimum absolute atomic E-state index is 0.154. The van der Waals surface area contributed by atoms with Gasteiger partial charge in [-0.05, 0) is 25.5 Å². The summed E-state index contributed by atoms with van der Waals surface area (Å²) in [5, 5.41) is 0.663. The molecule has 0 bridgehead atoms. The topological polar surface area (TPSA) is 36.7 Å². The van der Waals surface area contributed by atoms with Crippen LogP contribution in [0.2, 0.25) is 0 Å². The maximum Gasteiger partial charge on any atom is 0.289 e. The summed E-state index contributed by atoms with van der Waals surface area (Å²) in [6.45, 7) is 7.71. The van der Waals surface area contributed by atoms with Crippen molar-refractivity contribution in [2.24, 2.45) is 0 Å². The molecule has 0 N–H and O–H groups in total. The van der Waals surface area contributed by atoms with Crippen LogP contribution >= 0.6 is 0 Å². The molecule has 27 heavy (non-hydrogen) atoms. The number of nitrogens with zero attached hydrogens (tertiary/aromatic N) is 2. The number of rotatable bonds is 3. The highest BCUT2D eigenvalue weighted by molar-refractivity contribution is 5.99. The van der Waals surface area contributed by atoms with Gasteiger partial charge in [-0.2, -0.15) is 0 Å².